The molecule has 0 unspecified atom stereocenters. The fourth-order valence-electron chi connectivity index (χ4n) is 4.85. The van der Waals surface area contributed by atoms with E-state index in [4.69, 9.17) is 22.7 Å². The van der Waals surface area contributed by atoms with Gasteiger partial charge >= 0.3 is 0 Å². The molecule has 0 bridgehead atoms. The average molecular weight is 700 g/mol. The molecule has 7 N–H and O–H groups in total. The number of halogens is 2. The molecule has 0 aliphatic rings. The number of amidine groups is 1. The van der Waals surface area contributed by atoms with E-state index in [2.05, 4.69) is 21.4 Å². The van der Waals surface area contributed by atoms with Crippen molar-refractivity contribution in [2.24, 2.45) is 26.9 Å². The molecule has 0 radical (unpaired) electrons. The number of nitrogens with one attached hydrogen (secondary N) is 5. The first kappa shape index (κ1) is 37.4. The lowest BCUT2D eigenvalue weighted by Gasteiger charge is -2.22. The minimum atomic E-state index is -0.449. The topological polar surface area (TPSA) is 184 Å². The normalized spacial score (nSPS) is 10.6. The van der Waals surface area contributed by atoms with Crippen molar-refractivity contribution in [3.05, 3.63) is 89.3 Å². The van der Waals surface area contributed by atoms with E-state index in [9.17, 15) is 19.2 Å². The molecule has 0 atom stereocenters. The van der Waals surface area contributed by atoms with E-state index in [-0.39, 0.29) is 60.3 Å². The molecule has 0 saturated heterocycles. The van der Waals surface area contributed by atoms with E-state index in [0.29, 0.717) is 34.9 Å². The van der Waals surface area contributed by atoms with E-state index in [1.165, 1.54) is 17.1 Å². The summed E-state index contributed by atoms with van der Waals surface area (Å²) in [5.74, 6) is -1.32. The summed E-state index contributed by atoms with van der Waals surface area (Å²) in [5.41, 5.74) is 12.1. The van der Waals surface area contributed by atoms with Crippen molar-refractivity contribution in [3.8, 4) is 0 Å². The zero-order chi connectivity index (χ0) is 34.2. The largest absolute Gasteiger partial charge is 0.388 e. The van der Waals surface area contributed by atoms with Crippen LogP contribution in [0.25, 0.3) is 0 Å². The number of hydrogen-bond donors (Lipinski definition) is 6. The molecule has 16 heteroatoms. The van der Waals surface area contributed by atoms with Crippen LogP contribution in [0.15, 0.2) is 61.1 Å². The van der Waals surface area contributed by atoms with Crippen molar-refractivity contribution in [2.45, 2.75) is 19.8 Å². The fourth-order valence-corrected chi connectivity index (χ4v) is 4.93. The van der Waals surface area contributed by atoms with Gasteiger partial charge in [-0.3, -0.25) is 24.6 Å². The van der Waals surface area contributed by atoms with Crippen molar-refractivity contribution in [1.82, 2.24) is 24.4 Å². The Morgan fingerprint density at radius 1 is 0.812 bits per heavy atom. The maximum atomic E-state index is 13.4. The SMILES string of the molecule is CCc1ccc(C(=O)N(NCCCl)c2cc(C(=O)Nc3cc(C(=O)Nc4cc(C(=O)NCCC(=N)N)n(C)c4)n(C)c3)n(C)c2)cc1.Cl. The van der Waals surface area contributed by atoms with Gasteiger partial charge in [0.2, 0.25) is 0 Å². The van der Waals surface area contributed by atoms with Crippen LogP contribution in [0, 0.1) is 5.41 Å². The van der Waals surface area contributed by atoms with Crippen molar-refractivity contribution in [1.29, 1.82) is 5.41 Å². The summed E-state index contributed by atoms with van der Waals surface area (Å²) in [6, 6.07) is 12.0. The molecule has 4 amide bonds. The van der Waals surface area contributed by atoms with Crippen molar-refractivity contribution < 1.29 is 19.2 Å². The van der Waals surface area contributed by atoms with Crippen LogP contribution in [-0.4, -0.2) is 62.1 Å². The summed E-state index contributed by atoms with van der Waals surface area (Å²) < 4.78 is 4.75. The summed E-state index contributed by atoms with van der Waals surface area (Å²) in [6.45, 7) is 2.58. The van der Waals surface area contributed by atoms with Gasteiger partial charge in [0.15, 0.2) is 0 Å². The lowest BCUT2D eigenvalue weighted by Crippen LogP contribution is -2.44. The molecule has 3 aromatic heterocycles. The Kier molecular flexibility index (Phi) is 13.0. The van der Waals surface area contributed by atoms with E-state index in [1.54, 1.807) is 71.6 Å². The van der Waals surface area contributed by atoms with E-state index >= 15 is 0 Å². The predicted octanol–water partition coefficient (Wildman–Crippen LogP) is 3.64. The molecule has 256 valence electrons. The molecule has 0 aliphatic carbocycles. The molecule has 4 rings (SSSR count). The van der Waals surface area contributed by atoms with Gasteiger partial charge in [-0.05, 0) is 42.3 Å². The van der Waals surface area contributed by atoms with Crippen LogP contribution >= 0.6 is 24.0 Å². The van der Waals surface area contributed by atoms with Gasteiger partial charge in [-0.1, -0.05) is 19.1 Å². The van der Waals surface area contributed by atoms with Crippen LogP contribution in [0.5, 0.6) is 0 Å². The van der Waals surface area contributed by atoms with Gasteiger partial charge < -0.3 is 35.4 Å². The first-order valence-electron chi connectivity index (χ1n) is 14.9. The van der Waals surface area contributed by atoms with Crippen LogP contribution < -0.4 is 32.1 Å². The lowest BCUT2D eigenvalue weighted by molar-refractivity contribution is 0.0943. The van der Waals surface area contributed by atoms with E-state index < -0.39 is 11.8 Å². The number of benzene rings is 1. The molecule has 1 aromatic carbocycles. The number of hydrazine groups is 1. The maximum Gasteiger partial charge on any atom is 0.272 e. The molecule has 0 aliphatic heterocycles. The monoisotopic (exact) mass is 698 g/mol. The summed E-state index contributed by atoms with van der Waals surface area (Å²) in [7, 11) is 5.04. The zero-order valence-electron chi connectivity index (χ0n) is 27.1. The Labute approximate surface area is 289 Å². The number of aryl methyl sites for hydroxylation is 4. The molecule has 48 heavy (non-hydrogen) atoms. The van der Waals surface area contributed by atoms with E-state index in [1.807, 2.05) is 19.1 Å². The highest BCUT2D eigenvalue weighted by atomic mass is 35.5. The fraction of sp³-hybridized carbons (Fsp3) is 0.281. The van der Waals surface area contributed by atoms with Crippen LogP contribution in [-0.2, 0) is 27.6 Å². The summed E-state index contributed by atoms with van der Waals surface area (Å²) in [4.78, 5) is 52.4. The Morgan fingerprint density at radius 3 is 1.85 bits per heavy atom. The van der Waals surface area contributed by atoms with Crippen LogP contribution in [0.3, 0.4) is 0 Å². The number of carbonyl (C=O) groups is 4. The van der Waals surface area contributed by atoms with Gasteiger partial charge in [-0.2, -0.15) is 0 Å². The van der Waals surface area contributed by atoms with Crippen LogP contribution in [0.2, 0.25) is 0 Å². The smallest absolute Gasteiger partial charge is 0.272 e. The highest BCUT2D eigenvalue weighted by Gasteiger charge is 2.23. The Hall–Kier alpha value is -5.05. The van der Waals surface area contributed by atoms with E-state index in [0.717, 1.165) is 12.0 Å². The number of carbonyl (C=O) groups excluding carboxylic acids is 4. The third-order valence-corrected chi connectivity index (χ3v) is 7.52. The van der Waals surface area contributed by atoms with Gasteiger partial charge in [-0.15, -0.1) is 24.0 Å². The molecule has 0 saturated carbocycles. The number of alkyl halides is 1. The quantitative estimate of drug-likeness (QED) is 0.0505. The molecule has 14 nitrogen and oxygen atoms in total. The number of anilines is 3. The van der Waals surface area contributed by atoms with Gasteiger partial charge in [0, 0.05) is 70.7 Å². The minimum absolute atomic E-state index is 0. The Bertz CT molecular complexity index is 1790. The standard InChI is InChI=1S/C32H39ClN10O4.ClH/c1-5-20-6-8-21(9-7-20)32(47)43(37-13-11-33)24-16-27(42(4)19-24)31(46)39-23-15-26(41(3)18-23)30(45)38-22-14-25(40(2)17-22)29(44)36-12-10-28(34)35;/h6-9,14-19,37H,5,10-13H2,1-4H3,(H3,34,35)(H,36,44)(H,38,45)(H,39,46);1H. The Balaban J connectivity index is 0.00000625. The lowest BCUT2D eigenvalue weighted by atomic mass is 10.1. The van der Waals surface area contributed by atoms with Gasteiger partial charge in [0.05, 0.1) is 22.9 Å². The zero-order valence-corrected chi connectivity index (χ0v) is 28.7. The van der Waals surface area contributed by atoms with Gasteiger partial charge in [0.25, 0.3) is 23.6 Å². The Morgan fingerprint density at radius 2 is 1.33 bits per heavy atom. The molecule has 3 heterocycles. The highest BCUT2D eigenvalue weighted by Crippen LogP contribution is 2.22. The number of aromatic nitrogens is 3. The molecular formula is C32H40Cl2N10O4. The highest BCUT2D eigenvalue weighted by molar-refractivity contribution is 6.18. The first-order valence-corrected chi connectivity index (χ1v) is 15.4. The van der Waals surface area contributed by atoms with Crippen molar-refractivity contribution in [3.63, 3.8) is 0 Å². The predicted molar refractivity (Wildman–Crippen MR) is 190 cm³/mol. The average Bonchev–Trinajstić information content (AvgIpc) is 3.72. The maximum absolute atomic E-state index is 13.4. The minimum Gasteiger partial charge on any atom is -0.388 e. The third kappa shape index (κ3) is 9.06. The third-order valence-electron chi connectivity index (χ3n) is 7.33. The molecule has 0 spiro atoms. The number of nitrogens with two attached hydrogens (primary N) is 1. The van der Waals surface area contributed by atoms with Crippen LogP contribution in [0.1, 0.15) is 60.7 Å². The second kappa shape index (κ2) is 16.7. The second-order valence-electron chi connectivity index (χ2n) is 10.9. The first-order chi connectivity index (χ1) is 22.4. The molecule has 4 aromatic rings. The van der Waals surface area contributed by atoms with Gasteiger partial charge in [0.1, 0.15) is 17.1 Å². The second-order valence-corrected chi connectivity index (χ2v) is 11.2. The van der Waals surface area contributed by atoms with Crippen molar-refractivity contribution in [2.75, 3.05) is 34.6 Å². The van der Waals surface area contributed by atoms with Crippen molar-refractivity contribution >= 4 is 70.5 Å². The summed E-state index contributed by atoms with van der Waals surface area (Å²) in [6.07, 6.45) is 5.96. The number of nitrogens with zero attached hydrogens (tertiary/aromatic N) is 4. The number of rotatable bonds is 14. The number of amides is 4. The summed E-state index contributed by atoms with van der Waals surface area (Å²) in [5, 5.41) is 16.9. The van der Waals surface area contributed by atoms with Crippen LogP contribution in [0.4, 0.5) is 17.1 Å². The number of hydrogen-bond acceptors (Lipinski definition) is 6. The van der Waals surface area contributed by atoms with Gasteiger partial charge in [-0.25, -0.2) is 10.4 Å². The summed E-state index contributed by atoms with van der Waals surface area (Å²) >= 11 is 5.90. The molecule has 0 fully saturated rings. The molecular weight excluding hydrogens is 659 g/mol.